The van der Waals surface area contributed by atoms with Gasteiger partial charge in [0.05, 0.1) is 0 Å². The Kier molecular flexibility index (Phi) is 1.83. The van der Waals surface area contributed by atoms with E-state index in [1.54, 1.807) is 0 Å². The summed E-state index contributed by atoms with van der Waals surface area (Å²) in [5.74, 6) is 0. The van der Waals surface area contributed by atoms with E-state index in [1.165, 1.54) is 5.52 Å². The summed E-state index contributed by atoms with van der Waals surface area (Å²) in [6.07, 6.45) is 2.01. The molecular formula is C9H9NOS. The van der Waals surface area contributed by atoms with Gasteiger partial charge in [0.1, 0.15) is 0 Å². The number of rotatable bonds is 1. The zero-order valence-electron chi connectivity index (χ0n) is 6.69. The molecule has 0 aliphatic carbocycles. The summed E-state index contributed by atoms with van der Waals surface area (Å²) in [6, 6.07) is 7.93. The molecule has 0 aliphatic heterocycles. The molecule has 0 unspecified atom stereocenters. The quantitative estimate of drug-likeness (QED) is 0.681. The van der Waals surface area contributed by atoms with Crippen LogP contribution in [-0.4, -0.2) is 9.12 Å². The summed E-state index contributed by atoms with van der Waals surface area (Å²) in [7, 11) is 2.01. The first kappa shape index (κ1) is 7.71. The summed E-state index contributed by atoms with van der Waals surface area (Å²) < 4.78 is 10.9. The molecule has 0 saturated carbocycles. The fourth-order valence-electron chi connectivity index (χ4n) is 1.32. The molecule has 1 aromatic carbocycles. The van der Waals surface area contributed by atoms with Crippen molar-refractivity contribution in [2.24, 2.45) is 7.05 Å². The molecule has 0 radical (unpaired) electrons. The van der Waals surface area contributed by atoms with Crippen molar-refractivity contribution in [1.82, 2.24) is 4.57 Å². The van der Waals surface area contributed by atoms with E-state index in [9.17, 15) is 0 Å². The van der Waals surface area contributed by atoms with Gasteiger partial charge in [0.2, 0.25) is 0 Å². The third-order valence-electron chi connectivity index (χ3n) is 1.96. The molecule has 0 aliphatic rings. The van der Waals surface area contributed by atoms with Crippen LogP contribution in [0.2, 0.25) is 0 Å². The van der Waals surface area contributed by atoms with E-state index in [2.05, 4.69) is 4.57 Å². The molecule has 2 aromatic rings. The predicted octanol–water partition coefficient (Wildman–Crippen LogP) is 2.74. The SMILES string of the molecule is Cn1ccc2cc(SO)ccc21. The van der Waals surface area contributed by atoms with Gasteiger partial charge in [0.25, 0.3) is 0 Å². The van der Waals surface area contributed by atoms with Crippen LogP contribution in [0.3, 0.4) is 0 Å². The molecule has 1 heterocycles. The van der Waals surface area contributed by atoms with Gasteiger partial charge >= 0.3 is 0 Å². The molecule has 2 nitrogen and oxygen atoms in total. The highest BCUT2D eigenvalue weighted by molar-refractivity contribution is 7.93. The number of hydrogen-bond acceptors (Lipinski definition) is 2. The Labute approximate surface area is 75.0 Å². The van der Waals surface area contributed by atoms with Crippen molar-refractivity contribution < 1.29 is 4.55 Å². The number of aryl methyl sites for hydroxylation is 1. The van der Waals surface area contributed by atoms with E-state index in [0.29, 0.717) is 0 Å². The monoisotopic (exact) mass is 179 g/mol. The lowest BCUT2D eigenvalue weighted by atomic mass is 10.2. The largest absolute Gasteiger partial charge is 0.351 e. The van der Waals surface area contributed by atoms with Crippen LogP contribution < -0.4 is 0 Å². The topological polar surface area (TPSA) is 25.2 Å². The Morgan fingerprint density at radius 1 is 1.33 bits per heavy atom. The average molecular weight is 179 g/mol. The number of hydrogen-bond donors (Lipinski definition) is 1. The summed E-state index contributed by atoms with van der Waals surface area (Å²) in [6.45, 7) is 0. The zero-order chi connectivity index (χ0) is 8.55. The molecule has 12 heavy (non-hydrogen) atoms. The lowest BCUT2D eigenvalue weighted by Gasteiger charge is -1.97. The Balaban J connectivity index is 2.69. The van der Waals surface area contributed by atoms with Gasteiger partial charge in [0.15, 0.2) is 0 Å². The van der Waals surface area contributed by atoms with E-state index >= 15 is 0 Å². The third kappa shape index (κ3) is 1.11. The van der Waals surface area contributed by atoms with E-state index in [1.807, 2.05) is 37.5 Å². The van der Waals surface area contributed by atoms with Crippen molar-refractivity contribution in [1.29, 1.82) is 0 Å². The number of fused-ring (bicyclic) bond motifs is 1. The zero-order valence-corrected chi connectivity index (χ0v) is 7.51. The highest BCUT2D eigenvalue weighted by Gasteiger charge is 1.98. The minimum absolute atomic E-state index is 0.784. The Hall–Kier alpha value is -0.930. The van der Waals surface area contributed by atoms with Gasteiger partial charge in [0, 0.05) is 41.1 Å². The van der Waals surface area contributed by atoms with E-state index in [-0.39, 0.29) is 0 Å². The van der Waals surface area contributed by atoms with Crippen molar-refractivity contribution in [2.75, 3.05) is 0 Å². The van der Waals surface area contributed by atoms with E-state index in [4.69, 9.17) is 4.55 Å². The first-order valence-corrected chi connectivity index (χ1v) is 4.45. The fourth-order valence-corrected chi connectivity index (χ4v) is 1.63. The maximum absolute atomic E-state index is 8.81. The predicted molar refractivity (Wildman–Crippen MR) is 51.4 cm³/mol. The van der Waals surface area contributed by atoms with Gasteiger partial charge in [-0.05, 0) is 24.3 Å². The molecule has 0 amide bonds. The lowest BCUT2D eigenvalue weighted by Crippen LogP contribution is -1.82. The number of nitrogens with zero attached hydrogens (tertiary/aromatic N) is 1. The normalized spacial score (nSPS) is 10.8. The molecule has 0 atom stereocenters. The van der Waals surface area contributed by atoms with Crippen LogP contribution in [0.25, 0.3) is 10.9 Å². The molecule has 0 spiro atoms. The van der Waals surface area contributed by atoms with Crippen LogP contribution in [0.4, 0.5) is 0 Å². The molecule has 3 heteroatoms. The second-order valence-corrected chi connectivity index (χ2v) is 3.39. The third-order valence-corrected chi connectivity index (χ3v) is 2.43. The molecule has 0 fully saturated rings. The second-order valence-electron chi connectivity index (χ2n) is 2.74. The average Bonchev–Trinajstić information content (AvgIpc) is 2.47. The van der Waals surface area contributed by atoms with Crippen LogP contribution in [-0.2, 0) is 7.05 Å². The van der Waals surface area contributed by atoms with Crippen molar-refractivity contribution in [3.8, 4) is 0 Å². The smallest absolute Gasteiger partial charge is 0.0478 e. The first-order valence-electron chi connectivity index (χ1n) is 3.68. The van der Waals surface area contributed by atoms with Crippen molar-refractivity contribution in [3.05, 3.63) is 30.5 Å². The minimum Gasteiger partial charge on any atom is -0.351 e. The maximum atomic E-state index is 8.81. The van der Waals surface area contributed by atoms with Crippen LogP contribution in [0.5, 0.6) is 0 Å². The summed E-state index contributed by atoms with van der Waals surface area (Å²) in [5, 5.41) is 1.16. The second kappa shape index (κ2) is 2.84. The van der Waals surface area contributed by atoms with Gasteiger partial charge < -0.3 is 9.12 Å². The summed E-state index contributed by atoms with van der Waals surface area (Å²) in [4.78, 5) is 0.883. The molecule has 0 saturated heterocycles. The Morgan fingerprint density at radius 2 is 2.17 bits per heavy atom. The number of aromatic nitrogens is 1. The summed E-state index contributed by atoms with van der Waals surface area (Å²) in [5.41, 5.74) is 1.19. The fraction of sp³-hybridized carbons (Fsp3) is 0.111. The molecule has 2 rings (SSSR count). The van der Waals surface area contributed by atoms with Gasteiger partial charge in [-0.25, -0.2) is 0 Å². The minimum atomic E-state index is 0.784. The van der Waals surface area contributed by atoms with Crippen molar-refractivity contribution in [3.63, 3.8) is 0 Å². The number of benzene rings is 1. The lowest BCUT2D eigenvalue weighted by molar-refractivity contribution is 0.664. The molecule has 0 bridgehead atoms. The van der Waals surface area contributed by atoms with Crippen LogP contribution in [0, 0.1) is 0 Å². The molecular weight excluding hydrogens is 170 g/mol. The van der Waals surface area contributed by atoms with Gasteiger partial charge in [-0.15, -0.1) is 0 Å². The van der Waals surface area contributed by atoms with E-state index in [0.717, 1.165) is 22.3 Å². The van der Waals surface area contributed by atoms with Crippen LogP contribution >= 0.6 is 12.0 Å². The Morgan fingerprint density at radius 3 is 2.92 bits per heavy atom. The van der Waals surface area contributed by atoms with Gasteiger partial charge in [-0.2, -0.15) is 0 Å². The first-order chi connectivity index (χ1) is 5.81. The highest BCUT2D eigenvalue weighted by Crippen LogP contribution is 2.21. The molecule has 1 aromatic heterocycles. The van der Waals surface area contributed by atoms with Gasteiger partial charge in [-0.3, -0.25) is 0 Å². The standard InChI is InChI=1S/C9H9NOS/c1-10-5-4-7-6-8(12-11)2-3-9(7)10/h2-6,11H,1H3. The Bertz CT molecular complexity index is 408. The van der Waals surface area contributed by atoms with E-state index < -0.39 is 0 Å². The summed E-state index contributed by atoms with van der Waals surface area (Å²) >= 11 is 0.784. The molecule has 62 valence electrons. The van der Waals surface area contributed by atoms with Crippen molar-refractivity contribution >= 4 is 22.9 Å². The van der Waals surface area contributed by atoms with Gasteiger partial charge in [-0.1, -0.05) is 0 Å². The van der Waals surface area contributed by atoms with Crippen LogP contribution in [0.1, 0.15) is 0 Å². The van der Waals surface area contributed by atoms with Crippen molar-refractivity contribution in [2.45, 2.75) is 4.90 Å². The van der Waals surface area contributed by atoms with Crippen LogP contribution in [0.15, 0.2) is 35.4 Å². The highest BCUT2D eigenvalue weighted by atomic mass is 32.2. The molecule has 1 N–H and O–H groups in total. The maximum Gasteiger partial charge on any atom is 0.0478 e.